The van der Waals surface area contributed by atoms with Crippen LogP contribution in [0.3, 0.4) is 0 Å². The lowest BCUT2D eigenvalue weighted by Gasteiger charge is -2.18. The van der Waals surface area contributed by atoms with E-state index < -0.39 is 0 Å². The molecule has 4 aromatic rings. The Morgan fingerprint density at radius 1 is 0.857 bits per heavy atom. The number of fused-ring (bicyclic) bond motifs is 1. The van der Waals surface area contributed by atoms with Crippen molar-refractivity contribution in [3.05, 3.63) is 82.5 Å². The van der Waals surface area contributed by atoms with Crippen molar-refractivity contribution in [1.82, 2.24) is 0 Å². The maximum absolute atomic E-state index is 14.3. The highest BCUT2D eigenvalue weighted by molar-refractivity contribution is 7.21. The fraction of sp³-hybridized carbons (Fsp3) is 0.185. The summed E-state index contributed by atoms with van der Waals surface area (Å²) in [5.74, 6) is -0.281. The van der Waals surface area contributed by atoms with Gasteiger partial charge < -0.3 is 20.1 Å². The van der Waals surface area contributed by atoms with E-state index >= 15 is 0 Å². The summed E-state index contributed by atoms with van der Waals surface area (Å²) in [5.41, 5.74) is 1.88. The van der Waals surface area contributed by atoms with Crippen LogP contribution in [-0.2, 0) is 0 Å². The smallest absolute Gasteiger partial charge is 0.266 e. The molecule has 4 rings (SSSR count). The molecule has 1 aromatic heterocycles. The van der Waals surface area contributed by atoms with Crippen molar-refractivity contribution in [3.63, 3.8) is 0 Å². The highest BCUT2D eigenvalue weighted by atomic mass is 32.1. The van der Waals surface area contributed by atoms with E-state index in [9.17, 15) is 14.0 Å². The van der Waals surface area contributed by atoms with Gasteiger partial charge in [-0.3, -0.25) is 9.59 Å². The minimum Gasteiger partial charge on any atom is -0.492 e. The molecular weight excluding hydrogens is 467 g/mol. The van der Waals surface area contributed by atoms with Crippen LogP contribution in [0.1, 0.15) is 39.4 Å². The fourth-order valence-electron chi connectivity index (χ4n) is 3.74. The lowest BCUT2D eigenvalue weighted by atomic mass is 10.1. The maximum atomic E-state index is 14.3. The minimum atomic E-state index is -0.382. The Bertz CT molecular complexity index is 1390. The summed E-state index contributed by atoms with van der Waals surface area (Å²) in [6, 6.07) is 16.9. The number of anilines is 2. The predicted octanol–water partition coefficient (Wildman–Crippen LogP) is 6.65. The number of ether oxygens (including phenoxy) is 2. The van der Waals surface area contributed by atoms with Gasteiger partial charge in [-0.1, -0.05) is 24.3 Å². The summed E-state index contributed by atoms with van der Waals surface area (Å²) in [6.07, 6.45) is 0. The molecule has 3 aromatic carbocycles. The number of halogens is 1. The van der Waals surface area contributed by atoms with Gasteiger partial charge in [-0.15, -0.1) is 11.3 Å². The number of carbonyl (C=O) groups is 2. The van der Waals surface area contributed by atoms with E-state index in [1.165, 1.54) is 17.4 Å². The van der Waals surface area contributed by atoms with Crippen LogP contribution in [0, 0.1) is 12.7 Å². The molecule has 35 heavy (non-hydrogen) atoms. The van der Waals surface area contributed by atoms with Crippen LogP contribution < -0.4 is 20.1 Å². The molecule has 0 bridgehead atoms. The van der Waals surface area contributed by atoms with Crippen molar-refractivity contribution < 1.29 is 23.5 Å². The van der Waals surface area contributed by atoms with Crippen molar-refractivity contribution >= 4 is 44.6 Å². The molecule has 0 aliphatic carbocycles. The molecule has 8 heteroatoms. The Morgan fingerprint density at radius 2 is 1.46 bits per heavy atom. The molecule has 2 amide bonds. The van der Waals surface area contributed by atoms with Crippen LogP contribution >= 0.6 is 11.3 Å². The normalized spacial score (nSPS) is 10.7. The first kappa shape index (κ1) is 24.2. The molecule has 180 valence electrons. The van der Waals surface area contributed by atoms with Gasteiger partial charge in [-0.25, -0.2) is 4.39 Å². The first-order valence-corrected chi connectivity index (χ1v) is 12.0. The number of aryl methyl sites for hydroxylation is 1. The largest absolute Gasteiger partial charge is 0.492 e. The third-order valence-corrected chi connectivity index (χ3v) is 6.58. The standard InChI is InChI=1S/C27H25FN2O4S/c1-4-33-21-15-20(30-27(32)25-16(3)24-18(28)12-9-13-23(24)35-25)22(34-5-2)14-19(21)29-26(31)17-10-7-6-8-11-17/h6-15H,4-5H2,1-3H3,(H,29,31)(H,30,32). The molecule has 0 atom stereocenters. The molecule has 2 N–H and O–H groups in total. The van der Waals surface area contributed by atoms with Gasteiger partial charge in [0.1, 0.15) is 17.3 Å². The maximum Gasteiger partial charge on any atom is 0.266 e. The Kier molecular flexibility index (Phi) is 7.31. The average Bonchev–Trinajstić information content (AvgIpc) is 3.20. The second-order valence-electron chi connectivity index (χ2n) is 7.65. The quantitative estimate of drug-likeness (QED) is 0.289. The first-order chi connectivity index (χ1) is 16.9. The van der Waals surface area contributed by atoms with Crippen LogP contribution in [0.15, 0.2) is 60.7 Å². The van der Waals surface area contributed by atoms with Crippen molar-refractivity contribution in [2.24, 2.45) is 0 Å². The summed E-state index contributed by atoms with van der Waals surface area (Å²) in [7, 11) is 0. The molecule has 0 aliphatic rings. The van der Waals surface area contributed by atoms with Crippen LogP contribution in [0.25, 0.3) is 10.1 Å². The molecule has 1 heterocycles. The Labute approximate surface area is 206 Å². The van der Waals surface area contributed by atoms with Crippen LogP contribution in [0.2, 0.25) is 0 Å². The average molecular weight is 493 g/mol. The number of rotatable bonds is 8. The molecule has 6 nitrogen and oxygen atoms in total. The topological polar surface area (TPSA) is 76.7 Å². The molecule has 0 radical (unpaired) electrons. The summed E-state index contributed by atoms with van der Waals surface area (Å²) in [6.45, 7) is 6.07. The van der Waals surface area contributed by atoms with Crippen molar-refractivity contribution in [3.8, 4) is 11.5 Å². The van der Waals surface area contributed by atoms with Gasteiger partial charge in [0, 0.05) is 27.8 Å². The van der Waals surface area contributed by atoms with E-state index in [0.29, 0.717) is 62.2 Å². The minimum absolute atomic E-state index is 0.297. The van der Waals surface area contributed by atoms with Crippen LogP contribution in [-0.4, -0.2) is 25.0 Å². The molecule has 0 saturated heterocycles. The highest BCUT2D eigenvalue weighted by Crippen LogP contribution is 2.39. The van der Waals surface area contributed by atoms with Gasteiger partial charge in [-0.2, -0.15) is 0 Å². The third-order valence-electron chi connectivity index (χ3n) is 5.32. The summed E-state index contributed by atoms with van der Waals surface area (Å²) >= 11 is 1.23. The zero-order valence-corrected chi connectivity index (χ0v) is 20.4. The number of hydrogen-bond donors (Lipinski definition) is 2. The molecule has 0 unspecified atom stereocenters. The van der Waals surface area contributed by atoms with Gasteiger partial charge >= 0.3 is 0 Å². The molecule has 0 fully saturated rings. The number of carbonyl (C=O) groups excluding carboxylic acids is 2. The number of benzene rings is 3. The van der Waals surface area contributed by atoms with Gasteiger partial charge in [-0.05, 0) is 50.6 Å². The number of amides is 2. The van der Waals surface area contributed by atoms with E-state index in [4.69, 9.17) is 9.47 Å². The van der Waals surface area contributed by atoms with Gasteiger partial charge in [0.25, 0.3) is 11.8 Å². The zero-order valence-electron chi connectivity index (χ0n) is 19.6. The van der Waals surface area contributed by atoms with E-state index in [0.717, 1.165) is 0 Å². The SMILES string of the molecule is CCOc1cc(NC(=O)c2sc3cccc(F)c3c2C)c(OCC)cc1NC(=O)c1ccccc1. The number of hydrogen-bond acceptors (Lipinski definition) is 5. The van der Waals surface area contributed by atoms with Crippen LogP contribution in [0.4, 0.5) is 15.8 Å². The van der Waals surface area contributed by atoms with E-state index in [1.54, 1.807) is 55.5 Å². The van der Waals surface area contributed by atoms with Gasteiger partial charge in [0.15, 0.2) is 0 Å². The van der Waals surface area contributed by atoms with Gasteiger partial charge in [0.05, 0.1) is 29.5 Å². The monoisotopic (exact) mass is 492 g/mol. The number of thiophene rings is 1. The molecule has 0 saturated carbocycles. The fourth-order valence-corrected chi connectivity index (χ4v) is 4.86. The second kappa shape index (κ2) is 10.6. The summed E-state index contributed by atoms with van der Waals surface area (Å²) in [4.78, 5) is 26.3. The van der Waals surface area contributed by atoms with E-state index in [2.05, 4.69) is 10.6 Å². The first-order valence-electron chi connectivity index (χ1n) is 11.2. The van der Waals surface area contributed by atoms with Gasteiger partial charge in [0.2, 0.25) is 0 Å². The Morgan fingerprint density at radius 3 is 2.03 bits per heavy atom. The molecule has 0 aliphatic heterocycles. The molecular formula is C27H25FN2O4S. The van der Waals surface area contributed by atoms with Crippen molar-refractivity contribution in [2.45, 2.75) is 20.8 Å². The second-order valence-corrected chi connectivity index (χ2v) is 8.71. The summed E-state index contributed by atoms with van der Waals surface area (Å²) < 4.78 is 26.5. The lowest BCUT2D eigenvalue weighted by Crippen LogP contribution is -2.15. The highest BCUT2D eigenvalue weighted by Gasteiger charge is 2.21. The van der Waals surface area contributed by atoms with Crippen molar-refractivity contribution in [1.29, 1.82) is 0 Å². The van der Waals surface area contributed by atoms with Crippen LogP contribution in [0.5, 0.6) is 11.5 Å². The lowest BCUT2D eigenvalue weighted by molar-refractivity contribution is 0.101. The Hall–Kier alpha value is -3.91. The Balaban J connectivity index is 1.68. The zero-order chi connectivity index (χ0) is 24.9. The number of nitrogens with one attached hydrogen (secondary N) is 2. The van der Waals surface area contributed by atoms with E-state index in [-0.39, 0.29) is 17.6 Å². The van der Waals surface area contributed by atoms with E-state index in [1.807, 2.05) is 19.9 Å². The van der Waals surface area contributed by atoms with Crippen molar-refractivity contribution in [2.75, 3.05) is 23.8 Å². The summed E-state index contributed by atoms with van der Waals surface area (Å²) in [5, 5.41) is 6.18. The predicted molar refractivity (Wildman–Crippen MR) is 138 cm³/mol. The third kappa shape index (κ3) is 5.12. The molecule has 0 spiro atoms.